The van der Waals surface area contributed by atoms with Gasteiger partial charge in [0.15, 0.2) is 0 Å². The van der Waals surface area contributed by atoms with Crippen LogP contribution in [0.1, 0.15) is 29.6 Å². The van der Waals surface area contributed by atoms with Crippen molar-refractivity contribution in [3.8, 4) is 5.75 Å². The number of aliphatic hydroxyl groups excluding tert-OH is 1. The molecule has 2 rings (SSSR count). The Bertz CT molecular complexity index is 479. The fourth-order valence-electron chi connectivity index (χ4n) is 2.09. The highest BCUT2D eigenvalue weighted by atomic mass is 35.5. The van der Waals surface area contributed by atoms with Gasteiger partial charge in [0.1, 0.15) is 5.75 Å². The molecule has 0 aliphatic heterocycles. The molecule has 0 bridgehead atoms. The van der Waals surface area contributed by atoms with Crippen molar-refractivity contribution in [2.24, 2.45) is 0 Å². The lowest BCUT2D eigenvalue weighted by Crippen LogP contribution is -2.39. The molecule has 0 saturated heterocycles. The molecule has 1 fully saturated rings. The van der Waals surface area contributed by atoms with E-state index in [1.54, 1.807) is 0 Å². The number of aliphatic hydroxyl groups is 1. The average Bonchev–Trinajstić information content (AvgIpc) is 2.69. The van der Waals surface area contributed by atoms with E-state index in [0.29, 0.717) is 6.42 Å². The first kappa shape index (κ1) is 13.5. The van der Waals surface area contributed by atoms with E-state index in [1.807, 2.05) is 0 Å². The van der Waals surface area contributed by atoms with Crippen LogP contribution in [0.3, 0.4) is 0 Å². The van der Waals surface area contributed by atoms with E-state index >= 15 is 0 Å². The highest BCUT2D eigenvalue weighted by Gasteiger charge is 2.28. The minimum atomic E-state index is -0.536. The van der Waals surface area contributed by atoms with Crippen LogP contribution in [0.4, 0.5) is 0 Å². The summed E-state index contributed by atoms with van der Waals surface area (Å²) in [5.74, 6) is -0.783. The highest BCUT2D eigenvalue weighted by molar-refractivity contribution is 6.36. The van der Waals surface area contributed by atoms with Crippen LogP contribution in [0, 0.1) is 0 Å². The fourth-order valence-corrected chi connectivity index (χ4v) is 2.59. The number of phenols is 1. The van der Waals surface area contributed by atoms with Crippen molar-refractivity contribution in [3.05, 3.63) is 27.7 Å². The molecule has 1 aromatic carbocycles. The number of benzene rings is 1. The van der Waals surface area contributed by atoms with E-state index < -0.39 is 12.0 Å². The number of amides is 1. The first-order valence-corrected chi connectivity index (χ1v) is 6.41. The summed E-state index contributed by atoms with van der Waals surface area (Å²) in [5, 5.41) is 22.3. The quantitative estimate of drug-likeness (QED) is 0.783. The Hall–Kier alpha value is -0.970. The van der Waals surface area contributed by atoms with Gasteiger partial charge in [-0.15, -0.1) is 0 Å². The lowest BCUT2D eigenvalue weighted by atomic mass is 10.1. The molecule has 0 heterocycles. The molecule has 1 aliphatic rings. The summed E-state index contributed by atoms with van der Waals surface area (Å²) in [6.07, 6.45) is 1.73. The van der Waals surface area contributed by atoms with Gasteiger partial charge in [0, 0.05) is 5.02 Å². The number of hydrogen-bond acceptors (Lipinski definition) is 3. The van der Waals surface area contributed by atoms with Gasteiger partial charge in [0.25, 0.3) is 5.91 Å². The lowest BCUT2D eigenvalue weighted by molar-refractivity contribution is 0.0870. The number of carbonyl (C=O) groups excluding carboxylic acids is 1. The van der Waals surface area contributed by atoms with E-state index in [2.05, 4.69) is 5.32 Å². The van der Waals surface area contributed by atoms with Gasteiger partial charge < -0.3 is 15.5 Å². The van der Waals surface area contributed by atoms with Crippen LogP contribution in [0.15, 0.2) is 12.1 Å². The highest BCUT2D eigenvalue weighted by Crippen LogP contribution is 2.31. The van der Waals surface area contributed by atoms with Crippen LogP contribution < -0.4 is 5.32 Å². The SMILES string of the molecule is O=C(N[C@H]1CCC[C@@H]1O)c1cc(Cl)cc(Cl)c1O. The zero-order valence-electron chi connectivity index (χ0n) is 9.49. The Labute approximate surface area is 115 Å². The Morgan fingerprint density at radius 3 is 2.67 bits per heavy atom. The van der Waals surface area contributed by atoms with Crippen molar-refractivity contribution in [2.75, 3.05) is 0 Å². The third kappa shape index (κ3) is 2.71. The Kier molecular flexibility index (Phi) is 4.00. The standard InChI is InChI=1S/C12H13Cl2NO3/c13-6-4-7(11(17)8(14)5-6)12(18)15-9-2-1-3-10(9)16/h4-5,9-10,16-17H,1-3H2,(H,15,18)/t9-,10-/m0/s1. The minimum absolute atomic E-state index is 0.0200. The number of phenolic OH excluding ortho intramolecular Hbond substituents is 1. The van der Waals surface area contributed by atoms with Crippen molar-refractivity contribution in [2.45, 2.75) is 31.4 Å². The second-order valence-corrected chi connectivity index (χ2v) is 5.21. The first-order valence-electron chi connectivity index (χ1n) is 5.66. The van der Waals surface area contributed by atoms with Crippen molar-refractivity contribution >= 4 is 29.1 Å². The molecule has 1 aliphatic carbocycles. The number of aromatic hydroxyl groups is 1. The molecule has 1 aromatic rings. The summed E-state index contributed by atoms with van der Waals surface area (Å²) in [7, 11) is 0. The van der Waals surface area contributed by atoms with Crippen LogP contribution in [0.2, 0.25) is 10.0 Å². The zero-order chi connectivity index (χ0) is 13.3. The Morgan fingerprint density at radius 2 is 2.06 bits per heavy atom. The van der Waals surface area contributed by atoms with Gasteiger partial charge in [0.2, 0.25) is 0 Å². The lowest BCUT2D eigenvalue weighted by Gasteiger charge is -2.17. The number of rotatable bonds is 2. The molecule has 2 atom stereocenters. The molecule has 0 spiro atoms. The second-order valence-electron chi connectivity index (χ2n) is 4.36. The van der Waals surface area contributed by atoms with Gasteiger partial charge in [-0.3, -0.25) is 4.79 Å². The molecule has 0 unspecified atom stereocenters. The van der Waals surface area contributed by atoms with Gasteiger partial charge >= 0.3 is 0 Å². The third-order valence-electron chi connectivity index (χ3n) is 3.07. The van der Waals surface area contributed by atoms with Gasteiger partial charge in [-0.05, 0) is 31.4 Å². The zero-order valence-corrected chi connectivity index (χ0v) is 11.0. The maximum Gasteiger partial charge on any atom is 0.255 e. The molecule has 98 valence electrons. The van der Waals surface area contributed by atoms with E-state index in [9.17, 15) is 15.0 Å². The van der Waals surface area contributed by atoms with Crippen molar-refractivity contribution in [3.63, 3.8) is 0 Å². The largest absolute Gasteiger partial charge is 0.506 e. The summed E-state index contributed by atoms with van der Waals surface area (Å²) >= 11 is 11.5. The summed E-state index contributed by atoms with van der Waals surface area (Å²) in [6.45, 7) is 0. The molecular weight excluding hydrogens is 277 g/mol. The molecule has 0 radical (unpaired) electrons. The predicted molar refractivity (Wildman–Crippen MR) is 69.2 cm³/mol. The predicted octanol–water partition coefficient (Wildman–Crippen LogP) is 2.34. The van der Waals surface area contributed by atoms with Gasteiger partial charge in [-0.1, -0.05) is 23.2 Å². The topological polar surface area (TPSA) is 69.6 Å². The Balaban J connectivity index is 2.18. The maximum absolute atomic E-state index is 12.0. The molecule has 18 heavy (non-hydrogen) atoms. The summed E-state index contributed by atoms with van der Waals surface area (Å²) in [5.41, 5.74) is 0.0200. The minimum Gasteiger partial charge on any atom is -0.506 e. The van der Waals surface area contributed by atoms with E-state index in [4.69, 9.17) is 23.2 Å². The van der Waals surface area contributed by atoms with E-state index in [1.165, 1.54) is 12.1 Å². The first-order chi connectivity index (χ1) is 8.49. The van der Waals surface area contributed by atoms with Crippen LogP contribution in [0.25, 0.3) is 0 Å². The molecule has 6 heteroatoms. The number of hydrogen-bond donors (Lipinski definition) is 3. The summed E-state index contributed by atoms with van der Waals surface area (Å²) in [6, 6.07) is 2.42. The molecule has 1 amide bonds. The number of nitrogens with one attached hydrogen (secondary N) is 1. The summed E-state index contributed by atoms with van der Waals surface area (Å²) < 4.78 is 0. The number of carbonyl (C=O) groups is 1. The average molecular weight is 290 g/mol. The van der Waals surface area contributed by atoms with Gasteiger partial charge in [0.05, 0.1) is 22.7 Å². The smallest absolute Gasteiger partial charge is 0.255 e. The van der Waals surface area contributed by atoms with Gasteiger partial charge in [-0.25, -0.2) is 0 Å². The Morgan fingerprint density at radius 1 is 1.33 bits per heavy atom. The molecule has 0 aromatic heterocycles. The maximum atomic E-state index is 12.0. The molecule has 4 nitrogen and oxygen atoms in total. The van der Waals surface area contributed by atoms with Crippen molar-refractivity contribution in [1.82, 2.24) is 5.32 Å². The van der Waals surface area contributed by atoms with E-state index in [-0.39, 0.29) is 27.4 Å². The third-order valence-corrected chi connectivity index (χ3v) is 3.58. The van der Waals surface area contributed by atoms with Gasteiger partial charge in [-0.2, -0.15) is 0 Å². The van der Waals surface area contributed by atoms with E-state index in [0.717, 1.165) is 12.8 Å². The fraction of sp³-hybridized carbons (Fsp3) is 0.417. The normalized spacial score (nSPS) is 23.1. The van der Waals surface area contributed by atoms with Crippen LogP contribution in [-0.4, -0.2) is 28.3 Å². The number of halogens is 2. The van der Waals surface area contributed by atoms with Crippen molar-refractivity contribution in [1.29, 1.82) is 0 Å². The van der Waals surface area contributed by atoms with Crippen molar-refractivity contribution < 1.29 is 15.0 Å². The summed E-state index contributed by atoms with van der Waals surface area (Å²) in [4.78, 5) is 12.0. The van der Waals surface area contributed by atoms with Crippen LogP contribution >= 0.6 is 23.2 Å². The van der Waals surface area contributed by atoms with Crippen LogP contribution in [0.5, 0.6) is 5.75 Å². The molecule has 3 N–H and O–H groups in total. The molecule has 1 saturated carbocycles. The second kappa shape index (κ2) is 5.34. The molecular formula is C12H13Cl2NO3. The van der Waals surface area contributed by atoms with Crippen LogP contribution in [-0.2, 0) is 0 Å². The monoisotopic (exact) mass is 289 g/mol.